The van der Waals surface area contributed by atoms with Gasteiger partial charge in [-0.15, -0.1) is 13.2 Å². The molecule has 2 rings (SSSR count). The van der Waals surface area contributed by atoms with E-state index in [1.165, 1.54) is 37.3 Å². The van der Waals surface area contributed by atoms with Crippen molar-refractivity contribution in [1.29, 1.82) is 0 Å². The quantitative estimate of drug-likeness (QED) is 0.728. The molecule has 6 heteroatoms. The lowest BCUT2D eigenvalue weighted by molar-refractivity contribution is -0.274. The van der Waals surface area contributed by atoms with Crippen LogP contribution in [0, 0.1) is 0 Å². The van der Waals surface area contributed by atoms with Gasteiger partial charge >= 0.3 is 6.36 Å². The number of alkyl halides is 3. The fourth-order valence-corrected chi connectivity index (χ4v) is 1.71. The summed E-state index contributed by atoms with van der Waals surface area (Å²) < 4.78 is 45.5. The van der Waals surface area contributed by atoms with Gasteiger partial charge in [-0.2, -0.15) is 0 Å². The summed E-state index contributed by atoms with van der Waals surface area (Å²) in [6, 6.07) is 12.0. The van der Waals surface area contributed by atoms with Gasteiger partial charge in [-0.25, -0.2) is 0 Å². The zero-order valence-corrected chi connectivity index (χ0v) is 12.1. The molecule has 0 aliphatic heterocycles. The van der Waals surface area contributed by atoms with Gasteiger partial charge in [0.1, 0.15) is 17.2 Å². The van der Waals surface area contributed by atoms with Crippen LogP contribution < -0.4 is 9.47 Å². The van der Waals surface area contributed by atoms with Crippen LogP contribution in [0.1, 0.15) is 12.5 Å². The van der Waals surface area contributed by atoms with Gasteiger partial charge in [0.2, 0.25) is 0 Å². The number of allylic oxidation sites excluding steroid dienone is 1. The smallest absolute Gasteiger partial charge is 0.457 e. The first-order valence-corrected chi connectivity index (χ1v) is 6.64. The first kappa shape index (κ1) is 16.6. The van der Waals surface area contributed by atoms with Crippen molar-refractivity contribution in [2.75, 3.05) is 0 Å². The van der Waals surface area contributed by atoms with Crippen LogP contribution in [0.15, 0.2) is 54.6 Å². The Kier molecular flexibility index (Phi) is 5.05. The van der Waals surface area contributed by atoms with Gasteiger partial charge in [0, 0.05) is 0 Å². The summed E-state index contributed by atoms with van der Waals surface area (Å²) in [5, 5.41) is 0. The monoisotopic (exact) mass is 322 g/mol. The van der Waals surface area contributed by atoms with E-state index in [9.17, 15) is 18.0 Å². The fraction of sp³-hybridized carbons (Fsp3) is 0.118. The van der Waals surface area contributed by atoms with Crippen molar-refractivity contribution in [3.05, 3.63) is 60.2 Å². The summed E-state index contributed by atoms with van der Waals surface area (Å²) in [5.41, 5.74) is 0.835. The molecule has 0 unspecified atom stereocenters. The Morgan fingerprint density at radius 1 is 0.913 bits per heavy atom. The second-order valence-corrected chi connectivity index (χ2v) is 4.63. The van der Waals surface area contributed by atoms with Gasteiger partial charge < -0.3 is 9.47 Å². The van der Waals surface area contributed by atoms with E-state index in [0.717, 1.165) is 5.56 Å². The molecule has 0 saturated heterocycles. The Balaban J connectivity index is 2.00. The SMILES string of the molecule is CC(=O)/C=C/c1ccc(Oc2ccc(OC(F)(F)F)cc2)cc1. The Labute approximate surface area is 131 Å². The summed E-state index contributed by atoms with van der Waals surface area (Å²) in [4.78, 5) is 10.8. The molecule has 0 aliphatic rings. The van der Waals surface area contributed by atoms with Crippen LogP contribution in [-0.2, 0) is 4.79 Å². The van der Waals surface area contributed by atoms with Gasteiger partial charge in [-0.05, 0) is 55.0 Å². The highest BCUT2D eigenvalue weighted by atomic mass is 19.4. The van der Waals surface area contributed by atoms with Crippen LogP contribution in [0.5, 0.6) is 17.2 Å². The van der Waals surface area contributed by atoms with Crippen molar-refractivity contribution < 1.29 is 27.4 Å². The summed E-state index contributed by atoms with van der Waals surface area (Å²) in [6.07, 6.45) is -1.59. The maximum Gasteiger partial charge on any atom is 0.573 e. The Morgan fingerprint density at radius 2 is 1.39 bits per heavy atom. The third kappa shape index (κ3) is 5.86. The van der Waals surface area contributed by atoms with Crippen molar-refractivity contribution in [2.24, 2.45) is 0 Å². The molecule has 2 aromatic carbocycles. The second kappa shape index (κ2) is 7.00. The number of benzene rings is 2. The summed E-state index contributed by atoms with van der Waals surface area (Å²) in [6.45, 7) is 1.46. The minimum absolute atomic E-state index is 0.0495. The minimum Gasteiger partial charge on any atom is -0.457 e. The number of rotatable bonds is 5. The molecule has 0 amide bonds. The van der Waals surface area contributed by atoms with Crippen LogP contribution in [-0.4, -0.2) is 12.1 Å². The van der Waals surface area contributed by atoms with Gasteiger partial charge in [0.25, 0.3) is 0 Å². The van der Waals surface area contributed by atoms with E-state index in [1.807, 2.05) is 0 Å². The van der Waals surface area contributed by atoms with Crippen LogP contribution in [0.25, 0.3) is 6.08 Å². The number of ketones is 1. The van der Waals surface area contributed by atoms with Crippen molar-refractivity contribution in [3.8, 4) is 17.2 Å². The van der Waals surface area contributed by atoms with Crippen molar-refractivity contribution in [3.63, 3.8) is 0 Å². The van der Waals surface area contributed by atoms with E-state index in [1.54, 1.807) is 30.3 Å². The maximum absolute atomic E-state index is 12.1. The Bertz CT molecular complexity index is 687. The fourth-order valence-electron chi connectivity index (χ4n) is 1.71. The van der Waals surface area contributed by atoms with Gasteiger partial charge in [-0.3, -0.25) is 4.79 Å². The van der Waals surface area contributed by atoms with Crippen LogP contribution in [0.3, 0.4) is 0 Å². The lowest BCUT2D eigenvalue weighted by Crippen LogP contribution is -2.16. The summed E-state index contributed by atoms with van der Waals surface area (Å²) in [5.74, 6) is 0.544. The third-order valence-electron chi connectivity index (χ3n) is 2.68. The molecular formula is C17H13F3O3. The van der Waals surface area contributed by atoms with E-state index in [0.29, 0.717) is 11.5 Å². The number of hydrogen-bond acceptors (Lipinski definition) is 3. The lowest BCUT2D eigenvalue weighted by atomic mass is 10.2. The average Bonchev–Trinajstić information content (AvgIpc) is 2.47. The Hall–Kier alpha value is -2.76. The number of halogens is 3. The predicted octanol–water partition coefficient (Wildman–Crippen LogP) is 4.98. The number of ether oxygens (including phenoxy) is 2. The molecule has 0 bridgehead atoms. The normalized spacial score (nSPS) is 11.5. The highest BCUT2D eigenvalue weighted by Gasteiger charge is 2.30. The first-order chi connectivity index (χ1) is 10.8. The molecule has 0 atom stereocenters. The molecule has 0 aromatic heterocycles. The van der Waals surface area contributed by atoms with Crippen molar-refractivity contribution in [1.82, 2.24) is 0 Å². The second-order valence-electron chi connectivity index (χ2n) is 4.63. The topological polar surface area (TPSA) is 35.5 Å². The molecular weight excluding hydrogens is 309 g/mol. The molecule has 23 heavy (non-hydrogen) atoms. The van der Waals surface area contributed by atoms with Crippen LogP contribution in [0.4, 0.5) is 13.2 Å². The zero-order valence-electron chi connectivity index (χ0n) is 12.1. The van der Waals surface area contributed by atoms with E-state index < -0.39 is 6.36 Å². The van der Waals surface area contributed by atoms with Gasteiger partial charge in [-0.1, -0.05) is 18.2 Å². The predicted molar refractivity (Wildman–Crippen MR) is 79.4 cm³/mol. The van der Waals surface area contributed by atoms with Crippen LogP contribution >= 0.6 is 0 Å². The van der Waals surface area contributed by atoms with Gasteiger partial charge in [0.15, 0.2) is 5.78 Å². The van der Waals surface area contributed by atoms with Crippen molar-refractivity contribution in [2.45, 2.75) is 13.3 Å². The number of carbonyl (C=O) groups excluding carboxylic acids is 1. The summed E-state index contributed by atoms with van der Waals surface area (Å²) in [7, 11) is 0. The number of carbonyl (C=O) groups is 1. The third-order valence-corrected chi connectivity index (χ3v) is 2.68. The molecule has 0 radical (unpaired) electrons. The highest BCUT2D eigenvalue weighted by molar-refractivity contribution is 5.91. The molecule has 0 spiro atoms. The molecule has 2 aromatic rings. The molecule has 3 nitrogen and oxygen atoms in total. The Morgan fingerprint density at radius 3 is 1.87 bits per heavy atom. The van der Waals surface area contributed by atoms with E-state index in [4.69, 9.17) is 4.74 Å². The zero-order chi connectivity index (χ0) is 16.9. The molecule has 0 heterocycles. The molecule has 120 valence electrons. The van der Waals surface area contributed by atoms with E-state index in [2.05, 4.69) is 4.74 Å². The number of hydrogen-bond donors (Lipinski definition) is 0. The summed E-state index contributed by atoms with van der Waals surface area (Å²) >= 11 is 0. The maximum atomic E-state index is 12.1. The van der Waals surface area contributed by atoms with Crippen LogP contribution in [0.2, 0.25) is 0 Å². The molecule has 0 fully saturated rings. The lowest BCUT2D eigenvalue weighted by Gasteiger charge is -2.10. The van der Waals surface area contributed by atoms with E-state index >= 15 is 0 Å². The molecule has 0 aliphatic carbocycles. The van der Waals surface area contributed by atoms with Crippen molar-refractivity contribution >= 4 is 11.9 Å². The highest BCUT2D eigenvalue weighted by Crippen LogP contribution is 2.27. The van der Waals surface area contributed by atoms with Gasteiger partial charge in [0.05, 0.1) is 0 Å². The molecule has 0 N–H and O–H groups in total. The minimum atomic E-state index is -4.72. The largest absolute Gasteiger partial charge is 0.573 e. The first-order valence-electron chi connectivity index (χ1n) is 6.64. The standard InChI is InChI=1S/C17H13F3O3/c1-12(21)2-3-13-4-6-14(7-5-13)22-15-8-10-16(11-9-15)23-17(18,19)20/h2-11H,1H3/b3-2+. The average molecular weight is 322 g/mol. The molecule has 0 saturated carbocycles. The van der Waals surface area contributed by atoms with E-state index in [-0.39, 0.29) is 11.5 Å².